The number of ether oxygens (including phenoxy) is 1. The monoisotopic (exact) mass is 912 g/mol. The van der Waals surface area contributed by atoms with Crippen molar-refractivity contribution in [2.45, 2.75) is 81.7 Å². The zero-order chi connectivity index (χ0) is 44.4. The predicted octanol–water partition coefficient (Wildman–Crippen LogP) is 9.08. The molecule has 3 aliphatic rings. The number of aromatic carboxylic acids is 1. The van der Waals surface area contributed by atoms with Crippen molar-refractivity contribution >= 4 is 86.9 Å². The number of aliphatic carboxylic acids is 1. The van der Waals surface area contributed by atoms with Crippen molar-refractivity contribution in [2.24, 2.45) is 0 Å². The molecule has 2 atom stereocenters. The largest absolute Gasteiger partial charge is 0.479 e. The summed E-state index contributed by atoms with van der Waals surface area (Å²) in [6, 6.07) is 23.7. The van der Waals surface area contributed by atoms with E-state index in [9.17, 15) is 29.1 Å². The number of hydrogen-bond donors (Lipinski definition) is 5. The number of nitrogens with zero attached hydrogens (tertiary/aromatic N) is 3. The minimum absolute atomic E-state index is 0.0704. The Bertz CT molecular complexity index is 2570. The van der Waals surface area contributed by atoms with Crippen LogP contribution in [0.2, 0.25) is 5.02 Å². The maximum Gasteiger partial charge on any atom is 0.349 e. The maximum atomic E-state index is 13.4. The Morgan fingerprint density at radius 3 is 2.48 bits per heavy atom. The summed E-state index contributed by atoms with van der Waals surface area (Å²) in [4.78, 5) is 62.8. The summed E-state index contributed by atoms with van der Waals surface area (Å²) < 4.78 is 9.65. The van der Waals surface area contributed by atoms with E-state index in [1.165, 1.54) is 5.56 Å². The highest BCUT2D eigenvalue weighted by Gasteiger charge is 2.36. The van der Waals surface area contributed by atoms with Gasteiger partial charge in [-0.2, -0.15) is 0 Å². The van der Waals surface area contributed by atoms with Crippen LogP contribution in [-0.2, 0) is 20.1 Å². The molecule has 5 aromatic rings. The summed E-state index contributed by atoms with van der Waals surface area (Å²) in [5.74, 6) is -2.03. The summed E-state index contributed by atoms with van der Waals surface area (Å²) in [5, 5.41) is 29.1. The van der Waals surface area contributed by atoms with Crippen molar-refractivity contribution < 1.29 is 38.9 Å². The number of urea groups is 1. The Morgan fingerprint density at radius 1 is 0.952 bits per heavy atom. The van der Waals surface area contributed by atoms with Crippen LogP contribution in [0.4, 0.5) is 16.2 Å². The Morgan fingerprint density at radius 2 is 1.73 bits per heavy atom. The summed E-state index contributed by atoms with van der Waals surface area (Å²) >= 11 is 9.28. The molecule has 8 rings (SSSR count). The molecular formula is C46H49ClN6O8S2. The number of carbonyl (C=O) groups excluding carboxylic acids is 3. The van der Waals surface area contributed by atoms with E-state index in [4.69, 9.17) is 21.4 Å². The molecule has 5 N–H and O–H groups in total. The molecule has 17 heteroatoms. The van der Waals surface area contributed by atoms with E-state index in [1.807, 2.05) is 64.2 Å². The van der Waals surface area contributed by atoms with E-state index in [-0.39, 0.29) is 45.1 Å². The molecule has 330 valence electrons. The van der Waals surface area contributed by atoms with Crippen LogP contribution in [0.5, 0.6) is 5.75 Å². The summed E-state index contributed by atoms with van der Waals surface area (Å²) in [7, 11) is 0. The molecule has 0 saturated carbocycles. The molecule has 0 radical (unpaired) electrons. The smallest absolute Gasteiger partial charge is 0.349 e. The van der Waals surface area contributed by atoms with Gasteiger partial charge in [-0.25, -0.2) is 18.7 Å². The molecule has 3 aliphatic heterocycles. The van der Waals surface area contributed by atoms with E-state index >= 15 is 0 Å². The fourth-order valence-electron chi connectivity index (χ4n) is 8.88. The summed E-state index contributed by atoms with van der Waals surface area (Å²) in [6.45, 7) is 5.92. The van der Waals surface area contributed by atoms with Crippen LogP contribution >= 0.6 is 34.9 Å². The quantitative estimate of drug-likeness (QED) is 0.0561. The van der Waals surface area contributed by atoms with Gasteiger partial charge in [0.1, 0.15) is 11.1 Å². The first-order valence-electron chi connectivity index (χ1n) is 21.0. The highest BCUT2D eigenvalue weighted by molar-refractivity contribution is 7.96. The Hall–Kier alpha value is -5.55. The summed E-state index contributed by atoms with van der Waals surface area (Å²) in [6.07, 6.45) is 6.23. The molecule has 4 amide bonds. The van der Waals surface area contributed by atoms with E-state index in [0.717, 1.165) is 77.2 Å². The molecule has 3 saturated heterocycles. The summed E-state index contributed by atoms with van der Waals surface area (Å²) in [5.41, 5.74) is 5.51. The first-order valence-corrected chi connectivity index (χ1v) is 23.1. The lowest BCUT2D eigenvalue weighted by atomic mass is 9.89. The van der Waals surface area contributed by atoms with Crippen LogP contribution in [0.15, 0.2) is 79.0 Å². The van der Waals surface area contributed by atoms with E-state index in [1.54, 1.807) is 11.9 Å². The lowest BCUT2D eigenvalue weighted by Crippen LogP contribution is -2.49. The number of anilines is 2. The molecular weight excluding hydrogens is 864 g/mol. The molecule has 0 aliphatic carbocycles. The fraction of sp³-hybridized carbons (Fsp3) is 0.370. The van der Waals surface area contributed by atoms with Crippen molar-refractivity contribution in [1.82, 2.24) is 19.1 Å². The van der Waals surface area contributed by atoms with Gasteiger partial charge in [0.25, 0.3) is 0 Å². The SMILES string of the molecule is CC1(C)CC(Nc2cccc(-c3sc(C(=O)O)c(OCC(=O)O)c3Cl)c2)CCN1SCc1cccc(NC(=O)N2CCC(c3ccc4c(ccn4C4CCC(=O)NC4=O)c3)CC2)c1. The van der Waals surface area contributed by atoms with Gasteiger partial charge in [-0.15, -0.1) is 11.3 Å². The molecule has 3 fully saturated rings. The first kappa shape index (κ1) is 44.1. The number of carbonyl (C=O) groups is 5. The lowest BCUT2D eigenvalue weighted by molar-refractivity contribution is -0.139. The number of halogens is 1. The van der Waals surface area contributed by atoms with Crippen LogP contribution < -0.4 is 20.7 Å². The van der Waals surface area contributed by atoms with Gasteiger partial charge in [0.2, 0.25) is 11.8 Å². The standard InChI is InChI=1S/C46H49ClN6O8S2/c1-46(2)24-34(48-33-8-4-6-31(23-33)41-39(47)40(61-25-38(55)56)42(63-41)44(58)59)16-20-53(46)62-26-27-5-3-7-32(21-27)49-45(60)51-17-13-28(14-18-51)29-9-10-35-30(22-29)15-19-52(35)36-11-12-37(54)50-43(36)57/h3-10,15,19,21-23,28,34,36,48H,11-14,16-18,20,24-26H2,1-2H3,(H,49,60)(H,55,56)(H,58,59)(H,50,54,57). The highest BCUT2D eigenvalue weighted by Crippen LogP contribution is 2.46. The zero-order valence-electron chi connectivity index (χ0n) is 34.9. The molecule has 14 nitrogen and oxygen atoms in total. The zero-order valence-corrected chi connectivity index (χ0v) is 37.3. The third kappa shape index (κ3) is 9.99. The van der Waals surface area contributed by atoms with Crippen molar-refractivity contribution in [2.75, 3.05) is 36.9 Å². The average Bonchev–Trinajstić information content (AvgIpc) is 3.83. The Labute approximate surface area is 378 Å². The molecule has 0 spiro atoms. The number of benzene rings is 3. The van der Waals surface area contributed by atoms with Gasteiger partial charge in [-0.3, -0.25) is 14.9 Å². The van der Waals surface area contributed by atoms with Crippen LogP contribution in [-0.4, -0.2) is 91.6 Å². The number of rotatable bonds is 13. The second-order valence-electron chi connectivity index (χ2n) is 16.9. The molecule has 5 heterocycles. The number of carboxylic acids is 2. The van der Waals surface area contributed by atoms with Gasteiger partial charge in [-0.1, -0.05) is 53.9 Å². The number of imide groups is 1. The number of nitrogens with one attached hydrogen (secondary N) is 3. The van der Waals surface area contributed by atoms with Gasteiger partial charge >= 0.3 is 18.0 Å². The highest BCUT2D eigenvalue weighted by atomic mass is 35.5. The van der Waals surface area contributed by atoms with Crippen molar-refractivity contribution in [1.29, 1.82) is 0 Å². The van der Waals surface area contributed by atoms with E-state index < -0.39 is 24.6 Å². The van der Waals surface area contributed by atoms with Crippen LogP contribution in [0.3, 0.4) is 0 Å². The molecule has 63 heavy (non-hydrogen) atoms. The number of carboxylic acid groups (broad SMARTS) is 2. The minimum Gasteiger partial charge on any atom is -0.479 e. The number of aromatic nitrogens is 1. The van der Waals surface area contributed by atoms with E-state index in [2.05, 4.69) is 58.4 Å². The number of fused-ring (bicyclic) bond motifs is 1. The van der Waals surface area contributed by atoms with Crippen molar-refractivity contribution in [3.8, 4) is 16.2 Å². The Kier molecular flexibility index (Phi) is 13.1. The van der Waals surface area contributed by atoms with Gasteiger partial charge in [-0.05, 0) is 116 Å². The number of thiophene rings is 1. The van der Waals surface area contributed by atoms with E-state index in [0.29, 0.717) is 42.3 Å². The molecule has 3 aromatic carbocycles. The molecule has 2 aromatic heterocycles. The third-order valence-corrected chi connectivity index (χ3v) is 15.2. The van der Waals surface area contributed by atoms with Crippen molar-refractivity contribution in [3.05, 3.63) is 100 Å². The lowest BCUT2D eigenvalue weighted by Gasteiger charge is -2.45. The number of piperidine rings is 3. The fourth-order valence-corrected chi connectivity index (χ4v) is 11.4. The minimum atomic E-state index is -1.24. The first-order chi connectivity index (χ1) is 30.2. The number of amides is 4. The normalized spacial score (nSPS) is 19.4. The van der Waals surface area contributed by atoms with Crippen molar-refractivity contribution in [3.63, 3.8) is 0 Å². The third-order valence-electron chi connectivity index (χ3n) is 12.0. The maximum absolute atomic E-state index is 13.4. The topological polar surface area (TPSA) is 183 Å². The van der Waals surface area contributed by atoms with Crippen LogP contribution in [0.25, 0.3) is 21.3 Å². The van der Waals surface area contributed by atoms with Gasteiger partial charge < -0.3 is 35.1 Å². The van der Waals surface area contributed by atoms with Crippen LogP contribution in [0.1, 0.15) is 85.1 Å². The number of likely N-dealkylation sites (tertiary alicyclic amines) is 1. The van der Waals surface area contributed by atoms with Gasteiger partial charge in [0.15, 0.2) is 17.2 Å². The second kappa shape index (κ2) is 18.7. The molecule has 2 unspecified atom stereocenters. The van der Waals surface area contributed by atoms with Gasteiger partial charge in [0.05, 0.1) is 4.88 Å². The molecule has 0 bridgehead atoms. The number of hydrogen-bond acceptors (Lipinski definition) is 10. The average molecular weight is 914 g/mol. The van der Waals surface area contributed by atoms with Gasteiger partial charge in [0, 0.05) is 66.5 Å². The predicted molar refractivity (Wildman–Crippen MR) is 246 cm³/mol. The van der Waals surface area contributed by atoms with Crippen LogP contribution in [0, 0.1) is 0 Å². The Balaban J connectivity index is 0.813. The second-order valence-corrected chi connectivity index (χ2v) is 19.3.